The minimum atomic E-state index is 0.249. The lowest BCUT2D eigenvalue weighted by atomic mass is 10.0. The van der Waals surface area contributed by atoms with Gasteiger partial charge < -0.3 is 14.8 Å². The second-order valence-corrected chi connectivity index (χ2v) is 4.77. The number of halogens is 1. The van der Waals surface area contributed by atoms with Gasteiger partial charge in [-0.25, -0.2) is 0 Å². The monoisotopic (exact) mass is 285 g/mol. The molecule has 0 saturated carbocycles. The van der Waals surface area contributed by atoms with Crippen molar-refractivity contribution in [2.45, 2.75) is 32.7 Å². The molecule has 1 aromatic carbocycles. The highest BCUT2D eigenvalue weighted by Crippen LogP contribution is 2.30. The van der Waals surface area contributed by atoms with E-state index in [4.69, 9.17) is 21.1 Å². The topological polar surface area (TPSA) is 30.5 Å². The van der Waals surface area contributed by atoms with Crippen molar-refractivity contribution >= 4 is 11.6 Å². The van der Waals surface area contributed by atoms with Gasteiger partial charge in [-0.1, -0.05) is 18.5 Å². The second kappa shape index (κ2) is 9.18. The molecular weight excluding hydrogens is 262 g/mol. The van der Waals surface area contributed by atoms with E-state index in [0.29, 0.717) is 0 Å². The Bertz CT molecular complexity index is 371. The second-order valence-electron chi connectivity index (χ2n) is 4.34. The SMILES string of the molecule is CCNC(CCCOCC)c1cc(Cl)ccc1OC. The first-order chi connectivity index (χ1) is 9.22. The van der Waals surface area contributed by atoms with E-state index in [9.17, 15) is 0 Å². The number of methoxy groups -OCH3 is 1. The number of hydrogen-bond donors (Lipinski definition) is 1. The molecule has 0 radical (unpaired) electrons. The molecule has 1 atom stereocenters. The van der Waals surface area contributed by atoms with Crippen LogP contribution in [0.15, 0.2) is 18.2 Å². The van der Waals surface area contributed by atoms with Gasteiger partial charge in [0.2, 0.25) is 0 Å². The van der Waals surface area contributed by atoms with Gasteiger partial charge in [-0.3, -0.25) is 0 Å². The number of nitrogens with one attached hydrogen (secondary N) is 1. The Kier molecular flexibility index (Phi) is 7.87. The van der Waals surface area contributed by atoms with Gasteiger partial charge in [-0.15, -0.1) is 0 Å². The summed E-state index contributed by atoms with van der Waals surface area (Å²) >= 11 is 6.09. The molecule has 19 heavy (non-hydrogen) atoms. The Morgan fingerprint density at radius 1 is 1.32 bits per heavy atom. The maximum Gasteiger partial charge on any atom is 0.123 e. The van der Waals surface area contributed by atoms with Crippen molar-refractivity contribution < 1.29 is 9.47 Å². The lowest BCUT2D eigenvalue weighted by Crippen LogP contribution is -2.22. The fourth-order valence-corrected chi connectivity index (χ4v) is 2.31. The molecule has 0 bridgehead atoms. The maximum atomic E-state index is 6.09. The molecule has 108 valence electrons. The van der Waals surface area contributed by atoms with E-state index in [1.54, 1.807) is 7.11 Å². The van der Waals surface area contributed by atoms with Crippen LogP contribution >= 0.6 is 11.6 Å². The van der Waals surface area contributed by atoms with Crippen molar-refractivity contribution in [2.24, 2.45) is 0 Å². The Morgan fingerprint density at radius 3 is 2.74 bits per heavy atom. The first-order valence-electron chi connectivity index (χ1n) is 6.87. The normalized spacial score (nSPS) is 12.4. The van der Waals surface area contributed by atoms with Crippen molar-refractivity contribution in [1.29, 1.82) is 0 Å². The summed E-state index contributed by atoms with van der Waals surface area (Å²) in [5.74, 6) is 0.881. The molecule has 1 N–H and O–H groups in total. The van der Waals surface area contributed by atoms with Gasteiger partial charge in [0.05, 0.1) is 7.11 Å². The summed E-state index contributed by atoms with van der Waals surface area (Å²) in [6, 6.07) is 6.01. The highest BCUT2D eigenvalue weighted by molar-refractivity contribution is 6.30. The summed E-state index contributed by atoms with van der Waals surface area (Å²) in [6.07, 6.45) is 2.02. The van der Waals surface area contributed by atoms with Crippen LogP contribution in [0.25, 0.3) is 0 Å². The molecule has 4 heteroatoms. The Balaban J connectivity index is 2.76. The average Bonchev–Trinajstić information content (AvgIpc) is 2.42. The third kappa shape index (κ3) is 5.39. The summed E-state index contributed by atoms with van der Waals surface area (Å²) in [5.41, 5.74) is 1.12. The third-order valence-electron chi connectivity index (χ3n) is 3.00. The van der Waals surface area contributed by atoms with Crippen molar-refractivity contribution in [2.75, 3.05) is 26.9 Å². The summed E-state index contributed by atoms with van der Waals surface area (Å²) < 4.78 is 10.8. The minimum absolute atomic E-state index is 0.249. The van der Waals surface area contributed by atoms with Gasteiger partial charge in [-0.05, 0) is 44.5 Å². The van der Waals surface area contributed by atoms with E-state index >= 15 is 0 Å². The molecule has 0 aliphatic rings. The molecule has 1 aromatic rings. The zero-order valence-corrected chi connectivity index (χ0v) is 12.8. The molecule has 0 aliphatic heterocycles. The van der Waals surface area contributed by atoms with Gasteiger partial charge in [0.25, 0.3) is 0 Å². The number of ether oxygens (including phenoxy) is 2. The van der Waals surface area contributed by atoms with Gasteiger partial charge in [-0.2, -0.15) is 0 Å². The van der Waals surface area contributed by atoms with Crippen LogP contribution in [0.2, 0.25) is 5.02 Å². The quantitative estimate of drug-likeness (QED) is 0.700. The summed E-state index contributed by atoms with van der Waals surface area (Å²) in [4.78, 5) is 0. The molecule has 0 amide bonds. The van der Waals surface area contributed by atoms with Crippen LogP contribution in [0.3, 0.4) is 0 Å². The average molecular weight is 286 g/mol. The van der Waals surface area contributed by atoms with Crippen molar-refractivity contribution in [1.82, 2.24) is 5.32 Å². The lowest BCUT2D eigenvalue weighted by molar-refractivity contribution is 0.140. The molecular formula is C15H24ClNO2. The molecule has 0 aliphatic carbocycles. The molecule has 0 fully saturated rings. The van der Waals surface area contributed by atoms with Gasteiger partial charge in [0.15, 0.2) is 0 Å². The molecule has 0 aromatic heterocycles. The number of rotatable bonds is 9. The van der Waals surface area contributed by atoms with Crippen molar-refractivity contribution in [3.8, 4) is 5.75 Å². The predicted octanol–water partition coefficient (Wildman–Crippen LogP) is 3.82. The first-order valence-corrected chi connectivity index (χ1v) is 7.25. The molecule has 1 rings (SSSR count). The first kappa shape index (κ1) is 16.3. The van der Waals surface area contributed by atoms with Gasteiger partial charge >= 0.3 is 0 Å². The third-order valence-corrected chi connectivity index (χ3v) is 3.24. The molecule has 0 heterocycles. The predicted molar refractivity (Wildman–Crippen MR) is 80.1 cm³/mol. The zero-order chi connectivity index (χ0) is 14.1. The fourth-order valence-electron chi connectivity index (χ4n) is 2.13. The van der Waals surface area contributed by atoms with Crippen LogP contribution in [0.4, 0.5) is 0 Å². The van der Waals surface area contributed by atoms with Crippen LogP contribution in [0.1, 0.15) is 38.3 Å². The van der Waals surface area contributed by atoms with E-state index in [0.717, 1.165) is 48.9 Å². The molecule has 0 spiro atoms. The molecule has 1 unspecified atom stereocenters. The summed E-state index contributed by atoms with van der Waals surface area (Å²) in [5, 5.41) is 4.22. The van der Waals surface area contributed by atoms with E-state index < -0.39 is 0 Å². The van der Waals surface area contributed by atoms with E-state index in [1.165, 1.54) is 0 Å². The number of hydrogen-bond acceptors (Lipinski definition) is 3. The summed E-state index contributed by atoms with van der Waals surface area (Å²) in [7, 11) is 1.69. The highest BCUT2D eigenvalue weighted by Gasteiger charge is 2.15. The Hall–Kier alpha value is -0.770. The van der Waals surface area contributed by atoms with E-state index in [-0.39, 0.29) is 6.04 Å². The lowest BCUT2D eigenvalue weighted by Gasteiger charge is -2.21. The highest BCUT2D eigenvalue weighted by atomic mass is 35.5. The standard InChI is InChI=1S/C15H24ClNO2/c1-4-17-14(7-6-10-19-5-2)13-11-12(16)8-9-15(13)18-3/h8-9,11,14,17H,4-7,10H2,1-3H3. The van der Waals surface area contributed by atoms with Crippen LogP contribution in [0, 0.1) is 0 Å². The molecule has 3 nitrogen and oxygen atoms in total. The van der Waals surface area contributed by atoms with Crippen LogP contribution in [-0.4, -0.2) is 26.9 Å². The molecule has 0 saturated heterocycles. The fraction of sp³-hybridized carbons (Fsp3) is 0.600. The van der Waals surface area contributed by atoms with E-state index in [1.807, 2.05) is 25.1 Å². The van der Waals surface area contributed by atoms with Crippen LogP contribution < -0.4 is 10.1 Å². The van der Waals surface area contributed by atoms with Gasteiger partial charge in [0, 0.05) is 29.8 Å². The smallest absolute Gasteiger partial charge is 0.123 e. The number of benzene rings is 1. The van der Waals surface area contributed by atoms with Gasteiger partial charge in [0.1, 0.15) is 5.75 Å². The van der Waals surface area contributed by atoms with Crippen LogP contribution in [-0.2, 0) is 4.74 Å². The van der Waals surface area contributed by atoms with Crippen molar-refractivity contribution in [3.05, 3.63) is 28.8 Å². The largest absolute Gasteiger partial charge is 0.496 e. The van der Waals surface area contributed by atoms with Crippen LogP contribution in [0.5, 0.6) is 5.75 Å². The minimum Gasteiger partial charge on any atom is -0.496 e. The maximum absolute atomic E-state index is 6.09. The van der Waals surface area contributed by atoms with E-state index in [2.05, 4.69) is 12.2 Å². The van der Waals surface area contributed by atoms with Crippen molar-refractivity contribution in [3.63, 3.8) is 0 Å². The zero-order valence-electron chi connectivity index (χ0n) is 12.0. The summed E-state index contributed by atoms with van der Waals surface area (Å²) in [6.45, 7) is 6.59. The Morgan fingerprint density at radius 2 is 2.11 bits per heavy atom. The Labute approximate surface area is 121 Å².